The van der Waals surface area contributed by atoms with Gasteiger partial charge < -0.3 is 9.42 Å². The van der Waals surface area contributed by atoms with Crippen LogP contribution in [0.4, 0.5) is 5.82 Å². The van der Waals surface area contributed by atoms with Gasteiger partial charge in [0, 0.05) is 24.2 Å². The monoisotopic (exact) mass is 262 g/mol. The largest absolute Gasteiger partial charge is 0.359 e. The van der Waals surface area contributed by atoms with Gasteiger partial charge in [-0.15, -0.1) is 0 Å². The van der Waals surface area contributed by atoms with Crippen LogP contribution in [0.5, 0.6) is 0 Å². The van der Waals surface area contributed by atoms with Crippen LogP contribution in [-0.2, 0) is 0 Å². The van der Waals surface area contributed by atoms with E-state index in [4.69, 9.17) is 4.52 Å². The Hall–Kier alpha value is -1.25. The molecule has 0 saturated heterocycles. The summed E-state index contributed by atoms with van der Waals surface area (Å²) in [7, 11) is 0. The number of nitrogens with zero attached hydrogens (tertiary/aromatic N) is 2. The molecule has 1 aliphatic rings. The van der Waals surface area contributed by atoms with Crippen LogP contribution in [-0.4, -0.2) is 11.7 Å². The van der Waals surface area contributed by atoms with E-state index in [2.05, 4.69) is 43.8 Å². The molecule has 0 radical (unpaired) electrons. The molecule has 1 heterocycles. The van der Waals surface area contributed by atoms with Gasteiger partial charge in [0.25, 0.3) is 0 Å². The zero-order valence-electron chi connectivity index (χ0n) is 12.7. The van der Waals surface area contributed by atoms with E-state index in [0.29, 0.717) is 5.92 Å². The van der Waals surface area contributed by atoms with E-state index >= 15 is 0 Å². The van der Waals surface area contributed by atoms with E-state index < -0.39 is 0 Å². The average Bonchev–Trinajstić information content (AvgIpc) is 3.18. The number of anilines is 1. The van der Waals surface area contributed by atoms with Crippen molar-refractivity contribution in [3.8, 4) is 0 Å². The zero-order chi connectivity index (χ0) is 13.8. The third-order valence-corrected chi connectivity index (χ3v) is 4.01. The maximum absolute atomic E-state index is 5.50. The van der Waals surface area contributed by atoms with Gasteiger partial charge in [0.1, 0.15) is 5.76 Å². The lowest BCUT2D eigenvalue weighted by molar-refractivity contribution is 0.384. The van der Waals surface area contributed by atoms with Crippen LogP contribution >= 0.6 is 0 Å². The van der Waals surface area contributed by atoms with Crippen LogP contribution < -0.4 is 4.90 Å². The first-order chi connectivity index (χ1) is 9.24. The van der Waals surface area contributed by atoms with Gasteiger partial charge in [0.2, 0.25) is 0 Å². The van der Waals surface area contributed by atoms with Crippen molar-refractivity contribution in [2.75, 3.05) is 11.4 Å². The van der Waals surface area contributed by atoms with Crippen molar-refractivity contribution in [1.82, 2.24) is 5.16 Å². The Balaban J connectivity index is 2.27. The predicted octanol–water partition coefficient (Wildman–Crippen LogP) is 4.86. The molecule has 1 aromatic rings. The second kappa shape index (κ2) is 6.27. The fourth-order valence-corrected chi connectivity index (χ4v) is 2.75. The summed E-state index contributed by atoms with van der Waals surface area (Å²) in [5.41, 5.74) is 2.95. The van der Waals surface area contributed by atoms with Crippen LogP contribution in [0.25, 0.3) is 0 Å². The van der Waals surface area contributed by atoms with Crippen molar-refractivity contribution in [2.45, 2.75) is 65.7 Å². The normalized spacial score (nSPS) is 14.5. The number of aromatic nitrogens is 1. The minimum atomic E-state index is 0.630. The fourth-order valence-electron chi connectivity index (χ4n) is 2.75. The third-order valence-electron chi connectivity index (χ3n) is 4.01. The van der Waals surface area contributed by atoms with E-state index in [9.17, 15) is 0 Å². The minimum absolute atomic E-state index is 0.630. The van der Waals surface area contributed by atoms with Crippen molar-refractivity contribution < 1.29 is 4.52 Å². The molecule has 106 valence electrons. The standard InChI is InChI=1S/C16H26N2O/c1-5-12(6-2)14(7-3)18(8-4)16-11-15(19-17-16)13-9-10-13/h11,13H,5-10H2,1-4H3. The second-order valence-electron chi connectivity index (χ2n) is 5.22. The summed E-state index contributed by atoms with van der Waals surface area (Å²) in [6.07, 6.45) is 5.79. The summed E-state index contributed by atoms with van der Waals surface area (Å²) in [6, 6.07) is 2.14. The highest BCUT2D eigenvalue weighted by Gasteiger charge is 2.29. The van der Waals surface area contributed by atoms with Crippen molar-refractivity contribution in [3.63, 3.8) is 0 Å². The molecular weight excluding hydrogens is 236 g/mol. The summed E-state index contributed by atoms with van der Waals surface area (Å²) in [5, 5.41) is 4.29. The number of rotatable bonds is 7. The molecule has 0 spiro atoms. The first-order valence-electron chi connectivity index (χ1n) is 7.70. The molecule has 19 heavy (non-hydrogen) atoms. The van der Waals surface area contributed by atoms with Crippen LogP contribution in [0, 0.1) is 0 Å². The molecule has 3 nitrogen and oxygen atoms in total. The SMILES string of the molecule is CCC(CC)=C(CC)N(CC)c1cc(C2CC2)on1. The quantitative estimate of drug-likeness (QED) is 0.702. The molecule has 1 aromatic heterocycles. The second-order valence-corrected chi connectivity index (χ2v) is 5.22. The smallest absolute Gasteiger partial charge is 0.176 e. The van der Waals surface area contributed by atoms with Gasteiger partial charge in [-0.3, -0.25) is 0 Å². The Labute approximate surface area is 116 Å². The van der Waals surface area contributed by atoms with Gasteiger partial charge in [0.05, 0.1) is 0 Å². The highest BCUT2D eigenvalue weighted by molar-refractivity contribution is 5.47. The molecule has 1 fully saturated rings. The molecule has 1 saturated carbocycles. The van der Waals surface area contributed by atoms with Crippen LogP contribution in [0.15, 0.2) is 21.9 Å². The Morgan fingerprint density at radius 3 is 2.37 bits per heavy atom. The minimum Gasteiger partial charge on any atom is -0.359 e. The lowest BCUT2D eigenvalue weighted by atomic mass is 10.1. The molecular formula is C16H26N2O. The lowest BCUT2D eigenvalue weighted by Gasteiger charge is -2.25. The van der Waals surface area contributed by atoms with Gasteiger partial charge in [-0.1, -0.05) is 31.5 Å². The molecule has 1 aliphatic carbocycles. The van der Waals surface area contributed by atoms with E-state index in [-0.39, 0.29) is 0 Å². The Kier molecular flexibility index (Phi) is 4.67. The van der Waals surface area contributed by atoms with Gasteiger partial charge in [-0.05, 0) is 39.0 Å². The zero-order valence-corrected chi connectivity index (χ0v) is 12.7. The first-order valence-corrected chi connectivity index (χ1v) is 7.70. The molecule has 0 atom stereocenters. The molecule has 3 heteroatoms. The Morgan fingerprint density at radius 1 is 1.21 bits per heavy atom. The van der Waals surface area contributed by atoms with Crippen LogP contribution in [0.2, 0.25) is 0 Å². The van der Waals surface area contributed by atoms with E-state index in [1.54, 1.807) is 0 Å². The average molecular weight is 262 g/mol. The molecule has 0 aromatic carbocycles. The van der Waals surface area contributed by atoms with Crippen molar-refractivity contribution in [2.24, 2.45) is 0 Å². The fraction of sp³-hybridized carbons (Fsp3) is 0.688. The summed E-state index contributed by atoms with van der Waals surface area (Å²) >= 11 is 0. The summed E-state index contributed by atoms with van der Waals surface area (Å²) in [5.74, 6) is 2.69. The number of hydrogen-bond acceptors (Lipinski definition) is 3. The topological polar surface area (TPSA) is 29.3 Å². The summed E-state index contributed by atoms with van der Waals surface area (Å²) in [6.45, 7) is 9.83. The third kappa shape index (κ3) is 3.02. The Morgan fingerprint density at radius 2 is 1.89 bits per heavy atom. The van der Waals surface area contributed by atoms with Gasteiger partial charge in [-0.2, -0.15) is 0 Å². The summed E-state index contributed by atoms with van der Waals surface area (Å²) in [4.78, 5) is 2.32. The maximum atomic E-state index is 5.50. The number of hydrogen-bond donors (Lipinski definition) is 0. The first kappa shape index (κ1) is 14.2. The Bertz CT molecular complexity index is 437. The molecule has 0 N–H and O–H groups in total. The molecule has 2 rings (SSSR count). The van der Waals surface area contributed by atoms with Crippen molar-refractivity contribution in [1.29, 1.82) is 0 Å². The van der Waals surface area contributed by atoms with Gasteiger partial charge in [-0.25, -0.2) is 0 Å². The lowest BCUT2D eigenvalue weighted by Crippen LogP contribution is -2.23. The molecule has 0 aliphatic heterocycles. The van der Waals surface area contributed by atoms with E-state index in [0.717, 1.165) is 37.4 Å². The molecule has 0 amide bonds. The van der Waals surface area contributed by atoms with E-state index in [1.165, 1.54) is 24.1 Å². The molecule has 0 unspecified atom stereocenters. The van der Waals surface area contributed by atoms with Gasteiger partial charge >= 0.3 is 0 Å². The predicted molar refractivity (Wildman–Crippen MR) is 79.4 cm³/mol. The van der Waals surface area contributed by atoms with Crippen LogP contribution in [0.1, 0.15) is 71.5 Å². The van der Waals surface area contributed by atoms with Crippen LogP contribution in [0.3, 0.4) is 0 Å². The van der Waals surface area contributed by atoms with Gasteiger partial charge in [0.15, 0.2) is 5.82 Å². The molecule has 0 bridgehead atoms. The van der Waals surface area contributed by atoms with E-state index in [1.807, 2.05) is 0 Å². The highest BCUT2D eigenvalue weighted by atomic mass is 16.5. The number of allylic oxidation sites excluding steroid dienone is 2. The highest BCUT2D eigenvalue weighted by Crippen LogP contribution is 2.41. The summed E-state index contributed by atoms with van der Waals surface area (Å²) < 4.78 is 5.50. The maximum Gasteiger partial charge on any atom is 0.176 e. The van der Waals surface area contributed by atoms with Crippen molar-refractivity contribution >= 4 is 5.82 Å². The van der Waals surface area contributed by atoms with Crippen molar-refractivity contribution in [3.05, 3.63) is 23.1 Å².